The molecule has 0 saturated heterocycles. The second-order valence-corrected chi connectivity index (χ2v) is 5.18. The highest BCUT2D eigenvalue weighted by Crippen LogP contribution is 2.32. The molecule has 0 aromatic heterocycles. The van der Waals surface area contributed by atoms with Gasteiger partial charge >= 0.3 is 5.97 Å². The van der Waals surface area contributed by atoms with Crippen LogP contribution >= 0.6 is 0 Å². The number of methoxy groups -OCH3 is 2. The van der Waals surface area contributed by atoms with Crippen LogP contribution in [0.3, 0.4) is 0 Å². The first-order chi connectivity index (χ1) is 10.7. The predicted octanol–water partition coefficient (Wildman–Crippen LogP) is 3.76. The Kier molecular flexibility index (Phi) is 6.07. The fourth-order valence-corrected chi connectivity index (χ4v) is 2.44. The van der Waals surface area contributed by atoms with Gasteiger partial charge in [0.1, 0.15) is 0 Å². The topological polar surface area (TPSA) is 44.8 Å². The van der Waals surface area contributed by atoms with Crippen LogP contribution in [0.2, 0.25) is 0 Å². The van der Waals surface area contributed by atoms with Crippen LogP contribution in [-0.2, 0) is 9.53 Å². The van der Waals surface area contributed by atoms with Gasteiger partial charge in [-0.15, -0.1) is 0 Å². The van der Waals surface area contributed by atoms with Crippen molar-refractivity contribution in [2.24, 2.45) is 0 Å². The molecule has 1 aliphatic rings. The van der Waals surface area contributed by atoms with Crippen LogP contribution in [0.4, 0.5) is 0 Å². The lowest BCUT2D eigenvalue weighted by Gasteiger charge is -2.16. The molecule has 0 spiro atoms. The summed E-state index contributed by atoms with van der Waals surface area (Å²) >= 11 is 0. The van der Waals surface area contributed by atoms with Gasteiger partial charge in [0, 0.05) is 6.08 Å². The Labute approximate surface area is 131 Å². The quantitative estimate of drug-likeness (QED) is 0.456. The predicted molar refractivity (Wildman–Crippen MR) is 86.1 cm³/mol. The van der Waals surface area contributed by atoms with E-state index in [1.807, 2.05) is 24.3 Å². The van der Waals surface area contributed by atoms with E-state index >= 15 is 0 Å². The fourth-order valence-electron chi connectivity index (χ4n) is 2.44. The Morgan fingerprint density at radius 2 is 1.91 bits per heavy atom. The monoisotopic (exact) mass is 302 g/mol. The summed E-state index contributed by atoms with van der Waals surface area (Å²) < 4.78 is 15.9. The Bertz CT molecular complexity index is 554. The van der Waals surface area contributed by atoms with E-state index in [4.69, 9.17) is 9.47 Å². The second kappa shape index (κ2) is 8.27. The third-order valence-electron chi connectivity index (χ3n) is 3.62. The summed E-state index contributed by atoms with van der Waals surface area (Å²) in [7, 11) is 3.00. The van der Waals surface area contributed by atoms with Gasteiger partial charge in [-0.25, -0.2) is 4.79 Å². The number of esters is 1. The van der Waals surface area contributed by atoms with Crippen molar-refractivity contribution in [1.82, 2.24) is 0 Å². The van der Waals surface area contributed by atoms with Crippen molar-refractivity contribution < 1.29 is 19.0 Å². The number of hydrogen-bond donors (Lipinski definition) is 0. The summed E-state index contributed by atoms with van der Waals surface area (Å²) in [6.45, 7) is 0. The van der Waals surface area contributed by atoms with E-state index in [0.29, 0.717) is 0 Å². The lowest BCUT2D eigenvalue weighted by atomic mass is 10.2. The molecule has 1 fully saturated rings. The summed E-state index contributed by atoms with van der Waals surface area (Å²) in [6.07, 6.45) is 11.7. The SMILES string of the molecule is COC(=O)/C=C/C=C/c1ccc(OC)c(OC2CCCC2)c1. The zero-order valence-electron chi connectivity index (χ0n) is 13.1. The molecule has 0 bridgehead atoms. The van der Waals surface area contributed by atoms with Crippen molar-refractivity contribution in [2.75, 3.05) is 14.2 Å². The van der Waals surface area contributed by atoms with Crippen molar-refractivity contribution in [2.45, 2.75) is 31.8 Å². The maximum atomic E-state index is 11.0. The summed E-state index contributed by atoms with van der Waals surface area (Å²) in [5.74, 6) is 1.15. The van der Waals surface area contributed by atoms with Crippen molar-refractivity contribution in [1.29, 1.82) is 0 Å². The van der Waals surface area contributed by atoms with E-state index in [9.17, 15) is 4.79 Å². The van der Waals surface area contributed by atoms with Gasteiger partial charge in [0.25, 0.3) is 0 Å². The van der Waals surface area contributed by atoms with E-state index < -0.39 is 0 Å². The normalized spacial score (nSPS) is 15.5. The summed E-state index contributed by atoms with van der Waals surface area (Å²) in [5, 5.41) is 0. The van der Waals surface area contributed by atoms with Crippen molar-refractivity contribution in [3.63, 3.8) is 0 Å². The number of carbonyl (C=O) groups excluding carboxylic acids is 1. The molecule has 0 atom stereocenters. The van der Waals surface area contributed by atoms with E-state index in [0.717, 1.165) is 29.9 Å². The van der Waals surface area contributed by atoms with Crippen molar-refractivity contribution in [3.8, 4) is 11.5 Å². The Morgan fingerprint density at radius 3 is 2.59 bits per heavy atom. The Hall–Kier alpha value is -2.23. The molecule has 4 nitrogen and oxygen atoms in total. The average Bonchev–Trinajstić information content (AvgIpc) is 3.04. The Morgan fingerprint density at radius 1 is 1.14 bits per heavy atom. The molecular formula is C18H22O4. The van der Waals surface area contributed by atoms with Gasteiger partial charge in [0.15, 0.2) is 11.5 Å². The fraction of sp³-hybridized carbons (Fsp3) is 0.389. The molecule has 0 amide bonds. The maximum Gasteiger partial charge on any atom is 0.330 e. The lowest BCUT2D eigenvalue weighted by molar-refractivity contribution is -0.134. The van der Waals surface area contributed by atoms with Crippen molar-refractivity contribution in [3.05, 3.63) is 42.0 Å². The van der Waals surface area contributed by atoms with Crippen LogP contribution in [0.5, 0.6) is 11.5 Å². The zero-order valence-corrected chi connectivity index (χ0v) is 13.1. The minimum absolute atomic E-state index is 0.285. The smallest absolute Gasteiger partial charge is 0.330 e. The molecule has 0 radical (unpaired) electrons. The van der Waals surface area contributed by atoms with Gasteiger partial charge in [-0.3, -0.25) is 0 Å². The molecular weight excluding hydrogens is 280 g/mol. The van der Waals surface area contributed by atoms with Crippen LogP contribution < -0.4 is 9.47 Å². The van der Waals surface area contributed by atoms with Crippen LogP contribution in [-0.4, -0.2) is 26.3 Å². The number of ether oxygens (including phenoxy) is 3. The number of rotatable bonds is 6. The largest absolute Gasteiger partial charge is 0.493 e. The number of hydrogen-bond acceptors (Lipinski definition) is 4. The van der Waals surface area contributed by atoms with Crippen LogP contribution in [0.1, 0.15) is 31.2 Å². The van der Waals surface area contributed by atoms with Gasteiger partial charge in [-0.05, 0) is 43.4 Å². The number of carbonyl (C=O) groups is 1. The third-order valence-corrected chi connectivity index (χ3v) is 3.62. The standard InChI is InChI=1S/C18H22O4/c1-20-16-12-11-14(7-3-6-10-18(19)21-2)13-17(16)22-15-8-4-5-9-15/h3,6-7,10-13,15H,4-5,8-9H2,1-2H3/b7-3+,10-6+. The molecule has 1 aromatic carbocycles. The zero-order chi connectivity index (χ0) is 15.8. The molecule has 0 heterocycles. The maximum absolute atomic E-state index is 11.0. The molecule has 4 heteroatoms. The van der Waals surface area contributed by atoms with Gasteiger partial charge in [0.05, 0.1) is 20.3 Å². The molecule has 1 aromatic rings. The number of allylic oxidation sites excluding steroid dienone is 2. The van der Waals surface area contributed by atoms with Crippen molar-refractivity contribution >= 4 is 12.0 Å². The van der Waals surface area contributed by atoms with Gasteiger partial charge in [-0.1, -0.05) is 24.3 Å². The molecule has 0 unspecified atom stereocenters. The first kappa shape index (κ1) is 16.1. The van der Waals surface area contributed by atoms with Gasteiger partial charge < -0.3 is 14.2 Å². The third kappa shape index (κ3) is 4.65. The van der Waals surface area contributed by atoms with E-state index in [1.54, 1.807) is 19.3 Å². The molecule has 2 rings (SSSR count). The van der Waals surface area contributed by atoms with Gasteiger partial charge in [-0.2, -0.15) is 0 Å². The van der Waals surface area contributed by atoms with E-state index in [1.165, 1.54) is 26.0 Å². The first-order valence-corrected chi connectivity index (χ1v) is 7.50. The van der Waals surface area contributed by atoms with Gasteiger partial charge in [0.2, 0.25) is 0 Å². The summed E-state index contributed by atoms with van der Waals surface area (Å²) in [6, 6.07) is 5.80. The minimum atomic E-state index is -0.371. The van der Waals surface area contributed by atoms with Crippen LogP contribution in [0.25, 0.3) is 6.08 Å². The molecule has 0 N–H and O–H groups in total. The molecule has 1 saturated carbocycles. The Balaban J connectivity index is 2.07. The first-order valence-electron chi connectivity index (χ1n) is 7.50. The molecule has 1 aliphatic carbocycles. The molecule has 0 aliphatic heterocycles. The second-order valence-electron chi connectivity index (χ2n) is 5.18. The summed E-state index contributed by atoms with van der Waals surface area (Å²) in [4.78, 5) is 11.0. The highest BCUT2D eigenvalue weighted by Gasteiger charge is 2.18. The lowest BCUT2D eigenvalue weighted by Crippen LogP contribution is -2.11. The molecule has 118 valence electrons. The van der Waals surface area contributed by atoms with Crippen LogP contribution in [0, 0.1) is 0 Å². The van der Waals surface area contributed by atoms with E-state index in [2.05, 4.69) is 4.74 Å². The highest BCUT2D eigenvalue weighted by atomic mass is 16.5. The highest BCUT2D eigenvalue weighted by molar-refractivity contribution is 5.82. The van der Waals surface area contributed by atoms with E-state index in [-0.39, 0.29) is 12.1 Å². The van der Waals surface area contributed by atoms with Crippen LogP contribution in [0.15, 0.2) is 36.4 Å². The average molecular weight is 302 g/mol. The minimum Gasteiger partial charge on any atom is -0.493 e. The summed E-state index contributed by atoms with van der Waals surface area (Å²) in [5.41, 5.74) is 0.989. The number of benzene rings is 1. The molecule has 22 heavy (non-hydrogen) atoms.